The maximum Gasteiger partial charge on any atom is 0.416 e. The highest BCUT2D eigenvalue weighted by Crippen LogP contribution is 2.36. The number of amides is 2. The van der Waals surface area contributed by atoms with Gasteiger partial charge in [-0.3, -0.25) is 14.2 Å². The Balaban J connectivity index is 1.88. The lowest BCUT2D eigenvalue weighted by molar-refractivity contribution is -0.139. The molecule has 0 radical (unpaired) electrons. The van der Waals surface area contributed by atoms with Gasteiger partial charge >= 0.3 is 11.9 Å². The van der Waals surface area contributed by atoms with Gasteiger partial charge in [0.15, 0.2) is 23.3 Å². The van der Waals surface area contributed by atoms with Crippen LogP contribution in [0.3, 0.4) is 0 Å². The van der Waals surface area contributed by atoms with Crippen LogP contribution in [0.5, 0.6) is 0 Å². The Labute approximate surface area is 224 Å². The summed E-state index contributed by atoms with van der Waals surface area (Å²) < 4.78 is 112. The molecule has 4 rings (SSSR count). The minimum absolute atomic E-state index is 0.232. The van der Waals surface area contributed by atoms with Crippen molar-refractivity contribution in [3.63, 3.8) is 0 Å². The molecule has 0 atom stereocenters. The van der Waals surface area contributed by atoms with Crippen molar-refractivity contribution >= 4 is 22.8 Å². The number of aromatic amines is 1. The topological polar surface area (TPSA) is 101 Å². The van der Waals surface area contributed by atoms with E-state index in [1.807, 2.05) is 0 Å². The number of halogens is 8. The Kier molecular flexibility index (Phi) is 7.90. The zero-order chi connectivity index (χ0) is 30.2. The fourth-order valence-corrected chi connectivity index (χ4v) is 4.36. The molecule has 4 aromatic rings. The van der Waals surface area contributed by atoms with Crippen LogP contribution in [-0.2, 0) is 35.3 Å². The highest BCUT2D eigenvalue weighted by atomic mass is 19.4. The molecule has 0 saturated carbocycles. The van der Waals surface area contributed by atoms with E-state index < -0.39 is 94.5 Å². The average Bonchev–Trinajstić information content (AvgIpc) is 3.23. The second-order valence-corrected chi connectivity index (χ2v) is 8.93. The molecular formula is C26H18F8N4O3. The standard InChI is InChI=1S/C26H18F8N4O3/c27-19-14(20(28)22(30)23(31)21(19)29)10-38-24-13(15(26(32,33)34)6-7-16(24)36-25(38)41)8-18(40)37(11-17(35)39)9-12-4-2-1-3-5-12/h1-7H,8-11H2,(H2,35,39)(H,36,41). The summed E-state index contributed by atoms with van der Waals surface area (Å²) in [5, 5.41) is 0. The minimum atomic E-state index is -5.11. The molecule has 3 aromatic carbocycles. The summed E-state index contributed by atoms with van der Waals surface area (Å²) in [6.07, 6.45) is -6.19. The molecule has 0 aliphatic heterocycles. The number of fused-ring (bicyclic) bond motifs is 1. The molecule has 41 heavy (non-hydrogen) atoms. The summed E-state index contributed by atoms with van der Waals surface area (Å²) in [6, 6.07) is 9.42. The maximum absolute atomic E-state index is 14.4. The number of nitrogens with two attached hydrogens (primary N) is 1. The third-order valence-electron chi connectivity index (χ3n) is 6.21. The molecule has 2 amide bonds. The molecule has 1 heterocycles. The molecule has 0 aliphatic rings. The fourth-order valence-electron chi connectivity index (χ4n) is 4.36. The van der Waals surface area contributed by atoms with Gasteiger partial charge in [-0.2, -0.15) is 13.2 Å². The highest BCUT2D eigenvalue weighted by Gasteiger charge is 2.36. The predicted octanol–water partition coefficient (Wildman–Crippen LogP) is 4.15. The van der Waals surface area contributed by atoms with Crippen molar-refractivity contribution in [2.24, 2.45) is 5.73 Å². The van der Waals surface area contributed by atoms with E-state index in [4.69, 9.17) is 5.73 Å². The number of alkyl halides is 3. The van der Waals surface area contributed by atoms with Crippen LogP contribution in [0.25, 0.3) is 11.0 Å². The van der Waals surface area contributed by atoms with Crippen LogP contribution in [0, 0.1) is 29.1 Å². The molecule has 7 nitrogen and oxygen atoms in total. The summed E-state index contributed by atoms with van der Waals surface area (Å²) in [5.74, 6) is -13.7. The van der Waals surface area contributed by atoms with E-state index in [-0.39, 0.29) is 12.1 Å². The zero-order valence-electron chi connectivity index (χ0n) is 20.6. The predicted molar refractivity (Wildman–Crippen MR) is 128 cm³/mol. The number of nitrogens with zero attached hydrogens (tertiary/aromatic N) is 2. The van der Waals surface area contributed by atoms with Crippen LogP contribution >= 0.6 is 0 Å². The number of benzene rings is 3. The number of hydrogen-bond acceptors (Lipinski definition) is 3. The first kappa shape index (κ1) is 29.3. The van der Waals surface area contributed by atoms with E-state index in [2.05, 4.69) is 4.98 Å². The van der Waals surface area contributed by atoms with Crippen molar-refractivity contribution in [1.29, 1.82) is 0 Å². The van der Waals surface area contributed by atoms with Crippen molar-refractivity contribution in [3.05, 3.63) is 104 Å². The summed E-state index contributed by atoms with van der Waals surface area (Å²) >= 11 is 0. The lowest BCUT2D eigenvalue weighted by Gasteiger charge is -2.23. The van der Waals surface area contributed by atoms with Gasteiger partial charge < -0.3 is 15.6 Å². The lowest BCUT2D eigenvalue weighted by atomic mass is 10.0. The SMILES string of the molecule is NC(=O)CN(Cc1ccccc1)C(=O)Cc1c(C(F)(F)F)ccc2[nH]c(=O)n(Cc3c(F)c(F)c(F)c(F)c3F)c12. The Morgan fingerprint density at radius 2 is 1.44 bits per heavy atom. The molecule has 0 saturated heterocycles. The minimum Gasteiger partial charge on any atom is -0.368 e. The number of imidazole rings is 1. The molecule has 0 spiro atoms. The van der Waals surface area contributed by atoms with Crippen LogP contribution in [0.1, 0.15) is 22.3 Å². The molecule has 0 bridgehead atoms. The largest absolute Gasteiger partial charge is 0.416 e. The van der Waals surface area contributed by atoms with Gasteiger partial charge in [0.1, 0.15) is 0 Å². The molecule has 3 N–H and O–H groups in total. The normalized spacial score (nSPS) is 11.7. The average molecular weight is 586 g/mol. The van der Waals surface area contributed by atoms with Crippen molar-refractivity contribution in [3.8, 4) is 0 Å². The van der Waals surface area contributed by atoms with Crippen LogP contribution in [0.4, 0.5) is 35.1 Å². The molecule has 0 aliphatic carbocycles. The molecule has 216 valence electrons. The summed E-state index contributed by atoms with van der Waals surface area (Å²) in [6.45, 7) is -2.29. The molecule has 15 heteroatoms. The Morgan fingerprint density at radius 1 is 0.854 bits per heavy atom. The number of carbonyl (C=O) groups excluding carboxylic acids is 2. The third kappa shape index (κ3) is 5.78. The third-order valence-corrected chi connectivity index (χ3v) is 6.21. The maximum atomic E-state index is 14.4. The molecule has 1 aromatic heterocycles. The first-order valence-corrected chi connectivity index (χ1v) is 11.6. The van der Waals surface area contributed by atoms with E-state index in [0.29, 0.717) is 16.2 Å². The van der Waals surface area contributed by atoms with Crippen molar-refractivity contribution < 1.29 is 44.7 Å². The molecule has 0 fully saturated rings. The number of H-pyrrole nitrogens is 1. The smallest absolute Gasteiger partial charge is 0.368 e. The van der Waals surface area contributed by atoms with E-state index >= 15 is 0 Å². The first-order chi connectivity index (χ1) is 19.2. The Hall–Kier alpha value is -4.69. The van der Waals surface area contributed by atoms with Crippen molar-refractivity contribution in [2.75, 3.05) is 6.54 Å². The first-order valence-electron chi connectivity index (χ1n) is 11.6. The molecular weight excluding hydrogens is 568 g/mol. The van der Waals surface area contributed by atoms with Crippen LogP contribution in [-0.4, -0.2) is 32.8 Å². The number of rotatable bonds is 8. The van der Waals surface area contributed by atoms with Crippen molar-refractivity contribution in [1.82, 2.24) is 14.5 Å². The lowest BCUT2D eigenvalue weighted by Crippen LogP contribution is -2.39. The van der Waals surface area contributed by atoms with Gasteiger partial charge in [-0.25, -0.2) is 26.7 Å². The second kappa shape index (κ2) is 11.1. The van der Waals surface area contributed by atoms with Crippen LogP contribution in [0.2, 0.25) is 0 Å². The van der Waals surface area contributed by atoms with Gasteiger partial charge in [0.2, 0.25) is 17.6 Å². The van der Waals surface area contributed by atoms with Gasteiger partial charge in [-0.15, -0.1) is 0 Å². The van der Waals surface area contributed by atoms with E-state index in [1.165, 1.54) is 0 Å². The number of nitrogens with one attached hydrogen (secondary N) is 1. The Bertz CT molecular complexity index is 1690. The highest BCUT2D eigenvalue weighted by molar-refractivity contribution is 5.90. The quantitative estimate of drug-likeness (QED) is 0.184. The number of carbonyl (C=O) groups is 2. The number of hydrogen-bond donors (Lipinski definition) is 2. The van der Waals surface area contributed by atoms with E-state index in [0.717, 1.165) is 11.0 Å². The van der Waals surface area contributed by atoms with Gasteiger partial charge in [0.05, 0.1) is 36.1 Å². The van der Waals surface area contributed by atoms with Gasteiger partial charge in [0, 0.05) is 12.1 Å². The van der Waals surface area contributed by atoms with Crippen molar-refractivity contribution in [2.45, 2.75) is 25.7 Å². The van der Waals surface area contributed by atoms with Gasteiger partial charge in [-0.1, -0.05) is 30.3 Å². The second-order valence-electron chi connectivity index (χ2n) is 8.93. The summed E-state index contributed by atoms with van der Waals surface area (Å²) in [5.41, 5.74) is -0.262. The zero-order valence-corrected chi connectivity index (χ0v) is 20.6. The van der Waals surface area contributed by atoms with Crippen LogP contribution in [0.15, 0.2) is 47.3 Å². The Morgan fingerprint density at radius 3 is 2.00 bits per heavy atom. The fraction of sp³-hybridized carbons (Fsp3) is 0.192. The summed E-state index contributed by atoms with van der Waals surface area (Å²) in [7, 11) is 0. The van der Waals surface area contributed by atoms with Gasteiger partial charge in [0.25, 0.3) is 0 Å². The molecule has 0 unspecified atom stereocenters. The van der Waals surface area contributed by atoms with E-state index in [1.54, 1.807) is 30.3 Å². The van der Waals surface area contributed by atoms with E-state index in [9.17, 15) is 49.5 Å². The van der Waals surface area contributed by atoms with Gasteiger partial charge in [-0.05, 0) is 23.3 Å². The monoisotopic (exact) mass is 586 g/mol. The number of primary amides is 1. The summed E-state index contributed by atoms with van der Waals surface area (Å²) in [4.78, 5) is 40.6. The number of aromatic nitrogens is 2. The van der Waals surface area contributed by atoms with Crippen LogP contribution < -0.4 is 11.4 Å².